The van der Waals surface area contributed by atoms with Crippen LogP contribution in [-0.4, -0.2) is 17.0 Å². The van der Waals surface area contributed by atoms with E-state index < -0.39 is 5.97 Å². The second kappa shape index (κ2) is 8.80. The quantitative estimate of drug-likeness (QED) is 0.477. The summed E-state index contributed by atoms with van der Waals surface area (Å²) < 4.78 is 0. The smallest absolute Gasteiger partial charge is 0.303 e. The molecule has 0 spiro atoms. The van der Waals surface area contributed by atoms with Crippen LogP contribution < -0.4 is 5.32 Å². The highest BCUT2D eigenvalue weighted by molar-refractivity contribution is 5.79. The predicted molar refractivity (Wildman–Crippen MR) is 128 cm³/mol. The first-order valence-electron chi connectivity index (χ1n) is 13.3. The van der Waals surface area contributed by atoms with Crippen LogP contribution in [0.5, 0.6) is 0 Å². The predicted octanol–water partition coefficient (Wildman–Crippen LogP) is 6.41. The lowest BCUT2D eigenvalue weighted by molar-refractivity contribution is -0.140. The van der Waals surface area contributed by atoms with Crippen LogP contribution in [0.3, 0.4) is 0 Å². The number of hydrogen-bond donors (Lipinski definition) is 2. The van der Waals surface area contributed by atoms with E-state index in [-0.39, 0.29) is 23.7 Å². The van der Waals surface area contributed by atoms with E-state index in [0.29, 0.717) is 29.6 Å². The normalized spacial score (nSPS) is 41.9. The summed E-state index contributed by atoms with van der Waals surface area (Å²) >= 11 is 0. The highest BCUT2D eigenvalue weighted by Crippen LogP contribution is 2.67. The number of allylic oxidation sites excluding steroid dienone is 2. The van der Waals surface area contributed by atoms with Crippen LogP contribution in [0.2, 0.25) is 0 Å². The fraction of sp³-hybridized carbons (Fsp3) is 0.857. The van der Waals surface area contributed by atoms with E-state index in [1.807, 2.05) is 0 Å². The minimum Gasteiger partial charge on any atom is -0.481 e. The fourth-order valence-corrected chi connectivity index (χ4v) is 8.76. The molecule has 0 bridgehead atoms. The molecule has 2 N–H and O–H groups in total. The van der Waals surface area contributed by atoms with Crippen molar-refractivity contribution in [2.24, 2.45) is 52.3 Å². The molecule has 8 atom stereocenters. The maximum Gasteiger partial charge on any atom is 0.303 e. The van der Waals surface area contributed by atoms with Gasteiger partial charge in [-0.1, -0.05) is 60.0 Å². The summed E-state index contributed by atoms with van der Waals surface area (Å²) in [5.41, 5.74) is 1.35. The number of carboxylic acids is 1. The summed E-state index contributed by atoms with van der Waals surface area (Å²) in [4.78, 5) is 24.0. The molecule has 1 heterocycles. The molecule has 0 radical (unpaired) electrons. The molecule has 4 aliphatic rings. The Kier molecular flexibility index (Phi) is 6.55. The number of aliphatic carboxylic acids is 1. The van der Waals surface area contributed by atoms with Gasteiger partial charge in [-0.2, -0.15) is 0 Å². The summed E-state index contributed by atoms with van der Waals surface area (Å²) in [5.74, 6) is 3.24. The third-order valence-electron chi connectivity index (χ3n) is 10.4. The van der Waals surface area contributed by atoms with E-state index in [2.05, 4.69) is 46.0 Å². The van der Waals surface area contributed by atoms with E-state index >= 15 is 0 Å². The summed E-state index contributed by atoms with van der Waals surface area (Å²) in [6, 6.07) is 0. The van der Waals surface area contributed by atoms with Gasteiger partial charge in [0.25, 0.3) is 0 Å². The zero-order chi connectivity index (χ0) is 23.3. The molecule has 3 aliphatic carbocycles. The van der Waals surface area contributed by atoms with Crippen LogP contribution in [0, 0.1) is 52.3 Å². The molecular weight excluding hydrogens is 398 g/mol. The Hall–Kier alpha value is -1.32. The molecule has 180 valence electrons. The standard InChI is InChI=1S/C28H45NO3/c1-17(2)7-6-8-18(3)20-9-10-21-26-19(16-25(31)32)15-23-28(5,14-12-24(30)29-23)22(26)11-13-27(20,21)4/h15,17-22,26H,6-14,16H2,1-5H3,(H,29,30)(H,31,32)/t18-,19-,20-,21+,22+,26+,27-,28-/m1/s1. The highest BCUT2D eigenvalue weighted by Gasteiger charge is 2.61. The first kappa shape index (κ1) is 23.8. The SMILES string of the molecule is CC(C)CCC[C@@H](C)[C@H]1CC[C@H]2[C@@H]3[C@@H](CC(=O)O)C=C4NC(=O)CC[C@]4(C)[C@H]3CC[C@]12C. The average Bonchev–Trinajstić information content (AvgIpc) is 3.05. The van der Waals surface area contributed by atoms with Gasteiger partial charge in [-0.05, 0) is 78.9 Å². The Morgan fingerprint density at radius 2 is 1.88 bits per heavy atom. The van der Waals surface area contributed by atoms with Crippen molar-refractivity contribution >= 4 is 11.9 Å². The molecule has 4 nitrogen and oxygen atoms in total. The number of hydrogen-bond acceptors (Lipinski definition) is 2. The van der Waals surface area contributed by atoms with E-state index in [1.54, 1.807) is 0 Å². The minimum absolute atomic E-state index is 0.00409. The van der Waals surface area contributed by atoms with Crippen LogP contribution in [0.4, 0.5) is 0 Å². The number of fused-ring (bicyclic) bond motifs is 5. The van der Waals surface area contributed by atoms with Gasteiger partial charge in [0.2, 0.25) is 5.91 Å². The molecule has 0 aromatic heterocycles. The maximum atomic E-state index is 12.2. The molecule has 4 rings (SSSR count). The van der Waals surface area contributed by atoms with Crippen LogP contribution in [0.1, 0.15) is 98.8 Å². The lowest BCUT2D eigenvalue weighted by atomic mass is 9.46. The zero-order valence-electron chi connectivity index (χ0n) is 21.0. The molecule has 4 heteroatoms. The van der Waals surface area contributed by atoms with Gasteiger partial charge < -0.3 is 10.4 Å². The Labute approximate surface area is 195 Å². The van der Waals surface area contributed by atoms with E-state index in [4.69, 9.17) is 0 Å². The van der Waals surface area contributed by atoms with Gasteiger partial charge in [-0.25, -0.2) is 0 Å². The first-order valence-corrected chi connectivity index (χ1v) is 13.3. The molecular formula is C28H45NO3. The second-order valence-corrected chi connectivity index (χ2v) is 12.6. The van der Waals surface area contributed by atoms with Crippen LogP contribution >= 0.6 is 0 Å². The van der Waals surface area contributed by atoms with Gasteiger partial charge in [0, 0.05) is 17.5 Å². The number of carboxylic acid groups (broad SMARTS) is 1. The topological polar surface area (TPSA) is 66.4 Å². The lowest BCUT2D eigenvalue weighted by Gasteiger charge is -2.59. The molecule has 1 saturated heterocycles. The molecule has 0 unspecified atom stereocenters. The molecule has 2 saturated carbocycles. The third-order valence-corrected chi connectivity index (χ3v) is 10.4. The molecule has 0 aromatic carbocycles. The van der Waals surface area contributed by atoms with Gasteiger partial charge in [-0.15, -0.1) is 0 Å². The minimum atomic E-state index is -0.708. The van der Waals surface area contributed by atoms with Gasteiger partial charge in [0.15, 0.2) is 0 Å². The maximum absolute atomic E-state index is 12.2. The molecule has 3 fully saturated rings. The van der Waals surface area contributed by atoms with Crippen molar-refractivity contribution in [3.05, 3.63) is 11.8 Å². The summed E-state index contributed by atoms with van der Waals surface area (Å²) in [6.07, 6.45) is 12.8. The molecule has 0 aromatic rings. The van der Waals surface area contributed by atoms with Gasteiger partial charge >= 0.3 is 5.97 Å². The van der Waals surface area contributed by atoms with Gasteiger partial charge in [0.05, 0.1) is 6.42 Å². The van der Waals surface area contributed by atoms with E-state index in [1.165, 1.54) is 44.9 Å². The van der Waals surface area contributed by atoms with Gasteiger partial charge in [0.1, 0.15) is 0 Å². The van der Waals surface area contributed by atoms with E-state index in [0.717, 1.165) is 29.9 Å². The van der Waals surface area contributed by atoms with Crippen LogP contribution in [0.15, 0.2) is 11.8 Å². The number of piperidine rings is 1. The van der Waals surface area contributed by atoms with E-state index in [9.17, 15) is 14.7 Å². The van der Waals surface area contributed by atoms with Crippen molar-refractivity contribution in [1.29, 1.82) is 0 Å². The van der Waals surface area contributed by atoms with Crippen molar-refractivity contribution < 1.29 is 14.7 Å². The fourth-order valence-electron chi connectivity index (χ4n) is 8.76. The lowest BCUT2D eigenvalue weighted by Crippen LogP contribution is -2.56. The van der Waals surface area contributed by atoms with Crippen LogP contribution in [0.25, 0.3) is 0 Å². The Morgan fingerprint density at radius 3 is 2.56 bits per heavy atom. The number of carbonyl (C=O) groups excluding carboxylic acids is 1. The number of carbonyl (C=O) groups is 2. The number of rotatable bonds is 7. The molecule has 1 amide bonds. The van der Waals surface area contributed by atoms with Crippen LogP contribution in [-0.2, 0) is 9.59 Å². The summed E-state index contributed by atoms with van der Waals surface area (Å²) in [7, 11) is 0. The zero-order valence-corrected chi connectivity index (χ0v) is 21.0. The Balaban J connectivity index is 1.61. The summed E-state index contributed by atoms with van der Waals surface area (Å²) in [6.45, 7) is 12.0. The monoisotopic (exact) mass is 443 g/mol. The second-order valence-electron chi connectivity index (χ2n) is 12.6. The molecule has 1 aliphatic heterocycles. The number of amides is 1. The largest absolute Gasteiger partial charge is 0.481 e. The Bertz CT molecular complexity index is 773. The van der Waals surface area contributed by atoms with Crippen molar-refractivity contribution in [2.45, 2.75) is 98.8 Å². The Morgan fingerprint density at radius 1 is 1.12 bits per heavy atom. The van der Waals surface area contributed by atoms with Crippen molar-refractivity contribution in [3.63, 3.8) is 0 Å². The third kappa shape index (κ3) is 4.05. The first-order chi connectivity index (χ1) is 15.1. The van der Waals surface area contributed by atoms with Gasteiger partial charge in [-0.3, -0.25) is 9.59 Å². The highest BCUT2D eigenvalue weighted by atomic mass is 16.4. The van der Waals surface area contributed by atoms with Crippen molar-refractivity contribution in [2.75, 3.05) is 0 Å². The van der Waals surface area contributed by atoms with Crippen molar-refractivity contribution in [1.82, 2.24) is 5.32 Å². The average molecular weight is 444 g/mol. The summed E-state index contributed by atoms with van der Waals surface area (Å²) in [5, 5.41) is 12.9. The number of nitrogens with one attached hydrogen (secondary N) is 1. The molecule has 32 heavy (non-hydrogen) atoms. The van der Waals surface area contributed by atoms with Crippen molar-refractivity contribution in [3.8, 4) is 0 Å².